The van der Waals surface area contributed by atoms with Gasteiger partial charge in [0.15, 0.2) is 5.82 Å². The number of benzene rings is 1. The largest absolute Gasteiger partial charge is 0.495 e. The fourth-order valence-electron chi connectivity index (χ4n) is 5.46. The number of rotatable bonds is 6. The van der Waals surface area contributed by atoms with E-state index in [1.54, 1.807) is 23.1 Å². The third kappa shape index (κ3) is 5.80. The molecule has 1 aromatic heterocycles. The summed E-state index contributed by atoms with van der Waals surface area (Å²) in [5.41, 5.74) is 4.10. The average Bonchev–Trinajstić information content (AvgIpc) is 3.03. The zero-order valence-electron chi connectivity index (χ0n) is 23.1. The third-order valence-corrected chi connectivity index (χ3v) is 7.86. The predicted molar refractivity (Wildman–Crippen MR) is 147 cm³/mol. The van der Waals surface area contributed by atoms with E-state index in [9.17, 15) is 18.4 Å². The highest BCUT2D eigenvalue weighted by molar-refractivity contribution is 6.02. The molecule has 2 fully saturated rings. The Morgan fingerprint density at radius 1 is 1.10 bits per heavy atom. The minimum Gasteiger partial charge on any atom is -0.495 e. The zero-order chi connectivity index (χ0) is 28.4. The van der Waals surface area contributed by atoms with Crippen LogP contribution >= 0.6 is 0 Å². The molecule has 3 heterocycles. The van der Waals surface area contributed by atoms with Gasteiger partial charge in [0.25, 0.3) is 11.8 Å². The van der Waals surface area contributed by atoms with Gasteiger partial charge in [0, 0.05) is 44.8 Å². The minimum atomic E-state index is -3.55. The van der Waals surface area contributed by atoms with Crippen molar-refractivity contribution >= 4 is 35.0 Å². The SMILES string of the molecule is COc1cc(C(=O)NN2CCN(C)CC2)ccc1Nc1ncc2c(n1)N(C1CCCCC1)CC(F)(F)C(=O)N2C. The number of alkyl halides is 2. The summed E-state index contributed by atoms with van der Waals surface area (Å²) in [5, 5.41) is 5.00. The Balaban J connectivity index is 1.39. The average molecular weight is 559 g/mol. The number of halogens is 2. The van der Waals surface area contributed by atoms with E-state index in [1.807, 2.05) is 12.1 Å². The molecule has 40 heavy (non-hydrogen) atoms. The number of aromatic nitrogens is 2. The van der Waals surface area contributed by atoms with Crippen LogP contribution in [-0.2, 0) is 4.79 Å². The lowest BCUT2D eigenvalue weighted by molar-refractivity contribution is -0.140. The lowest BCUT2D eigenvalue weighted by Gasteiger charge is -2.35. The second kappa shape index (κ2) is 11.5. The molecule has 0 spiro atoms. The molecule has 0 atom stereocenters. The van der Waals surface area contributed by atoms with Crippen LogP contribution in [0.15, 0.2) is 24.4 Å². The van der Waals surface area contributed by atoms with Gasteiger partial charge in [0.1, 0.15) is 11.4 Å². The van der Waals surface area contributed by atoms with Crippen molar-refractivity contribution in [2.24, 2.45) is 0 Å². The van der Waals surface area contributed by atoms with Gasteiger partial charge in [-0.2, -0.15) is 13.8 Å². The molecule has 1 saturated carbocycles. The second-order valence-corrected chi connectivity index (χ2v) is 10.7. The number of ether oxygens (including phenoxy) is 1. The maximum atomic E-state index is 14.9. The molecule has 2 amide bonds. The number of piperazine rings is 1. The van der Waals surface area contributed by atoms with Crippen LogP contribution < -0.4 is 25.3 Å². The Bertz CT molecular complexity index is 1250. The minimum absolute atomic E-state index is 0.145. The molecule has 216 valence electrons. The van der Waals surface area contributed by atoms with Crippen LogP contribution in [0.5, 0.6) is 5.75 Å². The lowest BCUT2D eigenvalue weighted by atomic mass is 9.94. The Hall–Kier alpha value is -3.58. The van der Waals surface area contributed by atoms with E-state index < -0.39 is 18.4 Å². The van der Waals surface area contributed by atoms with E-state index >= 15 is 0 Å². The van der Waals surface area contributed by atoms with Gasteiger partial charge in [0.2, 0.25) is 5.95 Å². The second-order valence-electron chi connectivity index (χ2n) is 10.7. The van der Waals surface area contributed by atoms with Crippen molar-refractivity contribution in [1.82, 2.24) is 25.3 Å². The number of hydrogen-bond acceptors (Lipinski definition) is 9. The number of nitrogens with zero attached hydrogens (tertiary/aromatic N) is 6. The number of hydrazine groups is 1. The molecule has 0 radical (unpaired) electrons. The van der Waals surface area contributed by atoms with Gasteiger partial charge in [-0.1, -0.05) is 19.3 Å². The van der Waals surface area contributed by atoms with E-state index in [0.717, 1.165) is 63.2 Å². The Morgan fingerprint density at radius 2 is 1.82 bits per heavy atom. The highest BCUT2D eigenvalue weighted by Gasteiger charge is 2.48. The van der Waals surface area contributed by atoms with Crippen LogP contribution in [0.2, 0.25) is 0 Å². The van der Waals surface area contributed by atoms with Crippen molar-refractivity contribution in [1.29, 1.82) is 0 Å². The molecule has 0 bridgehead atoms. The van der Waals surface area contributed by atoms with E-state index in [0.29, 0.717) is 22.8 Å². The number of carbonyl (C=O) groups is 2. The molecule has 0 unspecified atom stereocenters. The lowest BCUT2D eigenvalue weighted by Crippen LogP contribution is -2.52. The normalized spacial score (nSPS) is 20.6. The Morgan fingerprint density at radius 3 is 2.52 bits per heavy atom. The summed E-state index contributed by atoms with van der Waals surface area (Å²) in [6.45, 7) is 2.48. The topological polar surface area (TPSA) is 106 Å². The molecule has 2 aromatic rings. The van der Waals surface area contributed by atoms with Crippen LogP contribution in [-0.4, -0.2) is 97.6 Å². The molecule has 2 N–H and O–H groups in total. The van der Waals surface area contributed by atoms with E-state index in [-0.39, 0.29) is 23.6 Å². The van der Waals surface area contributed by atoms with E-state index in [2.05, 4.69) is 25.6 Å². The first kappa shape index (κ1) is 28.0. The van der Waals surface area contributed by atoms with Crippen molar-refractivity contribution in [3.05, 3.63) is 30.0 Å². The molecular formula is C27H36F2N8O3. The maximum absolute atomic E-state index is 14.9. The van der Waals surface area contributed by atoms with E-state index in [4.69, 9.17) is 4.74 Å². The maximum Gasteiger partial charge on any atom is 0.342 e. The summed E-state index contributed by atoms with van der Waals surface area (Å²) in [7, 11) is 4.86. The molecule has 5 rings (SSSR count). The molecule has 13 heteroatoms. The van der Waals surface area contributed by atoms with Crippen molar-refractivity contribution in [2.75, 3.05) is 69.0 Å². The molecule has 3 aliphatic rings. The van der Waals surface area contributed by atoms with Crippen molar-refractivity contribution in [3.63, 3.8) is 0 Å². The fraction of sp³-hybridized carbons (Fsp3) is 0.556. The highest BCUT2D eigenvalue weighted by atomic mass is 19.3. The van der Waals surface area contributed by atoms with Crippen LogP contribution in [0.4, 0.5) is 31.9 Å². The molecular weight excluding hydrogens is 522 g/mol. The number of nitrogens with one attached hydrogen (secondary N) is 2. The molecule has 1 saturated heterocycles. The summed E-state index contributed by atoms with van der Waals surface area (Å²) in [6, 6.07) is 4.84. The first-order valence-electron chi connectivity index (χ1n) is 13.7. The smallest absolute Gasteiger partial charge is 0.342 e. The molecule has 2 aliphatic heterocycles. The van der Waals surface area contributed by atoms with Gasteiger partial charge in [-0.05, 0) is 38.1 Å². The zero-order valence-corrected chi connectivity index (χ0v) is 23.1. The number of hydrogen-bond donors (Lipinski definition) is 2. The Labute approximate surface area is 232 Å². The number of likely N-dealkylation sites (N-methyl/N-ethyl adjacent to an activating group) is 1. The number of fused-ring (bicyclic) bond motifs is 1. The quantitative estimate of drug-likeness (QED) is 0.554. The number of amides is 2. The predicted octanol–water partition coefficient (Wildman–Crippen LogP) is 2.87. The number of anilines is 4. The summed E-state index contributed by atoms with van der Waals surface area (Å²) in [5.74, 6) is -4.22. The van der Waals surface area contributed by atoms with Crippen LogP contribution in [0, 0.1) is 0 Å². The van der Waals surface area contributed by atoms with Gasteiger partial charge in [-0.15, -0.1) is 0 Å². The van der Waals surface area contributed by atoms with Gasteiger partial charge >= 0.3 is 5.92 Å². The summed E-state index contributed by atoms with van der Waals surface area (Å²) < 4.78 is 35.4. The standard InChI is InChI=1S/C27H36F2N8O3/c1-34-11-13-36(14-12-34)33-24(38)18-9-10-20(22(15-18)40-3)31-26-30-16-21-23(32-26)37(19-7-5-4-6-8-19)17-27(28,29)25(39)35(21)2/h9-10,15-16,19H,4-8,11-14,17H2,1-3H3,(H,33,38)(H,30,31,32). The van der Waals surface area contributed by atoms with Crippen molar-refractivity contribution in [3.8, 4) is 5.75 Å². The number of carbonyl (C=O) groups excluding carboxylic acids is 2. The summed E-state index contributed by atoms with van der Waals surface area (Å²) in [6.07, 6.45) is 5.84. The Kier molecular flexibility index (Phi) is 8.04. The first-order chi connectivity index (χ1) is 19.2. The van der Waals surface area contributed by atoms with Gasteiger partial charge in [-0.3, -0.25) is 15.0 Å². The summed E-state index contributed by atoms with van der Waals surface area (Å²) in [4.78, 5) is 39.1. The van der Waals surface area contributed by atoms with Gasteiger partial charge in [0.05, 0.1) is 25.5 Å². The van der Waals surface area contributed by atoms with Crippen molar-refractivity contribution in [2.45, 2.75) is 44.1 Å². The van der Waals surface area contributed by atoms with Crippen LogP contribution in [0.3, 0.4) is 0 Å². The van der Waals surface area contributed by atoms with E-state index in [1.165, 1.54) is 20.4 Å². The first-order valence-corrected chi connectivity index (χ1v) is 13.7. The highest BCUT2D eigenvalue weighted by Crippen LogP contribution is 2.39. The van der Waals surface area contributed by atoms with Crippen molar-refractivity contribution < 1.29 is 23.1 Å². The van der Waals surface area contributed by atoms with Crippen LogP contribution in [0.25, 0.3) is 0 Å². The summed E-state index contributed by atoms with van der Waals surface area (Å²) >= 11 is 0. The fourth-order valence-corrected chi connectivity index (χ4v) is 5.46. The number of methoxy groups -OCH3 is 1. The molecule has 11 nitrogen and oxygen atoms in total. The third-order valence-electron chi connectivity index (χ3n) is 7.86. The van der Waals surface area contributed by atoms with Crippen LogP contribution in [0.1, 0.15) is 42.5 Å². The molecule has 1 aromatic carbocycles. The molecule has 1 aliphatic carbocycles. The monoisotopic (exact) mass is 558 g/mol. The van der Waals surface area contributed by atoms with Gasteiger partial charge < -0.3 is 24.8 Å². The van der Waals surface area contributed by atoms with Gasteiger partial charge in [-0.25, -0.2) is 9.99 Å².